The van der Waals surface area contributed by atoms with E-state index in [-0.39, 0.29) is 12.1 Å². The van der Waals surface area contributed by atoms with Gasteiger partial charge in [0.2, 0.25) is 0 Å². The van der Waals surface area contributed by atoms with Gasteiger partial charge in [-0.2, -0.15) is 5.10 Å². The van der Waals surface area contributed by atoms with Crippen LogP contribution in [0.3, 0.4) is 0 Å². The number of aliphatic hydroxyl groups is 1. The fourth-order valence-corrected chi connectivity index (χ4v) is 1.78. The zero-order chi connectivity index (χ0) is 13.8. The highest BCUT2D eigenvalue weighted by Crippen LogP contribution is 2.17. The number of rotatable bonds is 5. The maximum atomic E-state index is 13.4. The topological polar surface area (TPSA) is 60.9 Å². The third-order valence-corrected chi connectivity index (χ3v) is 2.91. The van der Waals surface area contributed by atoms with E-state index in [2.05, 4.69) is 15.5 Å². The number of aromatic nitrogens is 2. The fourth-order valence-electron chi connectivity index (χ4n) is 1.78. The molecule has 0 aliphatic heterocycles. The van der Waals surface area contributed by atoms with E-state index in [4.69, 9.17) is 0 Å². The zero-order valence-electron chi connectivity index (χ0n) is 10.5. The highest BCUT2D eigenvalue weighted by molar-refractivity contribution is 5.21. The molecule has 0 fully saturated rings. The molecule has 19 heavy (non-hydrogen) atoms. The van der Waals surface area contributed by atoms with E-state index in [1.165, 1.54) is 6.07 Å². The third kappa shape index (κ3) is 3.36. The Balaban J connectivity index is 1.91. The molecular weight excluding hydrogens is 252 g/mol. The molecule has 1 heterocycles. The van der Waals surface area contributed by atoms with Crippen molar-refractivity contribution < 1.29 is 13.9 Å². The van der Waals surface area contributed by atoms with Gasteiger partial charge in [-0.05, 0) is 13.0 Å². The van der Waals surface area contributed by atoms with Gasteiger partial charge in [-0.1, -0.05) is 6.07 Å². The number of aliphatic hydroxyl groups excluding tert-OH is 1. The molecule has 0 saturated carbocycles. The monoisotopic (exact) mass is 267 g/mol. The summed E-state index contributed by atoms with van der Waals surface area (Å²) in [6, 6.07) is 3.14. The molecule has 0 aliphatic rings. The Kier molecular flexibility index (Phi) is 4.24. The Morgan fingerprint density at radius 2 is 2.21 bits per heavy atom. The van der Waals surface area contributed by atoms with Crippen molar-refractivity contribution in [2.75, 3.05) is 6.54 Å². The lowest BCUT2D eigenvalue weighted by molar-refractivity contribution is 0.169. The van der Waals surface area contributed by atoms with Gasteiger partial charge in [0.1, 0.15) is 11.6 Å². The summed E-state index contributed by atoms with van der Waals surface area (Å²) >= 11 is 0. The summed E-state index contributed by atoms with van der Waals surface area (Å²) in [6.45, 7) is 2.58. The average Bonchev–Trinajstić information content (AvgIpc) is 2.75. The summed E-state index contributed by atoms with van der Waals surface area (Å²) in [5.41, 5.74) is 2.00. The first kappa shape index (κ1) is 13.6. The second-order valence-corrected chi connectivity index (χ2v) is 4.33. The molecule has 2 rings (SSSR count). The molecule has 1 unspecified atom stereocenters. The molecular formula is C13H15F2N3O. The second kappa shape index (κ2) is 5.90. The molecule has 6 heteroatoms. The number of H-pyrrole nitrogens is 1. The predicted molar refractivity (Wildman–Crippen MR) is 66.3 cm³/mol. The summed E-state index contributed by atoms with van der Waals surface area (Å²) in [6.07, 6.45) is 0.667. The standard InChI is InChI=1S/C13H15F2N3O/c1-8-9(6-17-18-8)5-16-7-13(19)11-3-2-10(14)4-12(11)15/h2-4,6,13,16,19H,5,7H2,1H3,(H,17,18). The van der Waals surface area contributed by atoms with Crippen LogP contribution in [0, 0.1) is 18.6 Å². The van der Waals surface area contributed by atoms with E-state index in [0.717, 1.165) is 23.4 Å². The molecule has 1 aromatic carbocycles. The van der Waals surface area contributed by atoms with Crippen LogP contribution >= 0.6 is 0 Å². The van der Waals surface area contributed by atoms with Crippen molar-refractivity contribution in [3.05, 3.63) is 52.9 Å². The molecule has 0 saturated heterocycles. The van der Waals surface area contributed by atoms with Crippen LogP contribution < -0.4 is 5.32 Å². The normalized spacial score (nSPS) is 12.6. The van der Waals surface area contributed by atoms with E-state index >= 15 is 0 Å². The lowest BCUT2D eigenvalue weighted by Gasteiger charge is -2.13. The van der Waals surface area contributed by atoms with Crippen molar-refractivity contribution in [3.8, 4) is 0 Å². The minimum Gasteiger partial charge on any atom is -0.387 e. The highest BCUT2D eigenvalue weighted by atomic mass is 19.1. The van der Waals surface area contributed by atoms with E-state index in [1.807, 2.05) is 6.92 Å². The molecule has 4 nitrogen and oxygen atoms in total. The number of hydrogen-bond acceptors (Lipinski definition) is 3. The molecule has 102 valence electrons. The van der Waals surface area contributed by atoms with Gasteiger partial charge in [-0.15, -0.1) is 0 Å². The van der Waals surface area contributed by atoms with Crippen LogP contribution in [0.15, 0.2) is 24.4 Å². The average molecular weight is 267 g/mol. The van der Waals surface area contributed by atoms with E-state index in [1.54, 1.807) is 6.20 Å². The van der Waals surface area contributed by atoms with E-state index < -0.39 is 17.7 Å². The Labute approximate surface area is 109 Å². The van der Waals surface area contributed by atoms with Gasteiger partial charge in [0, 0.05) is 36.0 Å². The number of hydrogen-bond donors (Lipinski definition) is 3. The van der Waals surface area contributed by atoms with Gasteiger partial charge in [0.25, 0.3) is 0 Å². The summed E-state index contributed by atoms with van der Waals surface area (Å²) in [5, 5.41) is 19.5. The number of benzene rings is 1. The van der Waals surface area contributed by atoms with Crippen LogP contribution in [0.1, 0.15) is 22.9 Å². The van der Waals surface area contributed by atoms with Crippen molar-refractivity contribution in [2.45, 2.75) is 19.6 Å². The number of halogens is 2. The van der Waals surface area contributed by atoms with Crippen molar-refractivity contribution in [1.82, 2.24) is 15.5 Å². The van der Waals surface area contributed by atoms with Crippen LogP contribution in [0.4, 0.5) is 8.78 Å². The molecule has 2 aromatic rings. The highest BCUT2D eigenvalue weighted by Gasteiger charge is 2.13. The van der Waals surface area contributed by atoms with Gasteiger partial charge < -0.3 is 10.4 Å². The summed E-state index contributed by atoms with van der Waals surface area (Å²) in [5.74, 6) is -1.40. The molecule has 0 bridgehead atoms. The lowest BCUT2D eigenvalue weighted by atomic mass is 10.1. The molecule has 1 atom stereocenters. The number of nitrogens with one attached hydrogen (secondary N) is 2. The predicted octanol–water partition coefficient (Wildman–Crippen LogP) is 1.82. The van der Waals surface area contributed by atoms with Crippen LogP contribution in [0.25, 0.3) is 0 Å². The Morgan fingerprint density at radius 1 is 1.42 bits per heavy atom. The minimum absolute atomic E-state index is 0.0813. The number of aromatic amines is 1. The first-order valence-corrected chi connectivity index (χ1v) is 5.90. The van der Waals surface area contributed by atoms with Gasteiger partial charge in [0.15, 0.2) is 0 Å². The lowest BCUT2D eigenvalue weighted by Crippen LogP contribution is -2.22. The molecule has 0 radical (unpaired) electrons. The molecule has 3 N–H and O–H groups in total. The summed E-state index contributed by atoms with van der Waals surface area (Å²) < 4.78 is 26.2. The summed E-state index contributed by atoms with van der Waals surface area (Å²) in [7, 11) is 0. The minimum atomic E-state index is -1.02. The van der Waals surface area contributed by atoms with Crippen LogP contribution in [0.5, 0.6) is 0 Å². The fraction of sp³-hybridized carbons (Fsp3) is 0.308. The Morgan fingerprint density at radius 3 is 2.84 bits per heavy atom. The maximum Gasteiger partial charge on any atom is 0.131 e. The van der Waals surface area contributed by atoms with E-state index in [9.17, 15) is 13.9 Å². The van der Waals surface area contributed by atoms with Crippen molar-refractivity contribution >= 4 is 0 Å². The first-order chi connectivity index (χ1) is 9.08. The maximum absolute atomic E-state index is 13.4. The smallest absolute Gasteiger partial charge is 0.131 e. The molecule has 0 aliphatic carbocycles. The first-order valence-electron chi connectivity index (χ1n) is 5.90. The zero-order valence-corrected chi connectivity index (χ0v) is 10.5. The number of nitrogens with zero attached hydrogens (tertiary/aromatic N) is 1. The Hall–Kier alpha value is -1.79. The van der Waals surface area contributed by atoms with Gasteiger partial charge in [-0.3, -0.25) is 5.10 Å². The van der Waals surface area contributed by atoms with E-state index in [0.29, 0.717) is 6.54 Å². The quantitative estimate of drug-likeness (QED) is 0.774. The van der Waals surface area contributed by atoms with Crippen LogP contribution in [-0.4, -0.2) is 21.8 Å². The second-order valence-electron chi connectivity index (χ2n) is 4.33. The van der Waals surface area contributed by atoms with Crippen LogP contribution in [0.2, 0.25) is 0 Å². The largest absolute Gasteiger partial charge is 0.387 e. The molecule has 0 amide bonds. The van der Waals surface area contributed by atoms with Gasteiger partial charge in [0.05, 0.1) is 12.3 Å². The van der Waals surface area contributed by atoms with Gasteiger partial charge >= 0.3 is 0 Å². The Bertz CT molecular complexity index is 557. The van der Waals surface area contributed by atoms with Gasteiger partial charge in [-0.25, -0.2) is 8.78 Å². The SMILES string of the molecule is Cc1[nH]ncc1CNCC(O)c1ccc(F)cc1F. The molecule has 0 spiro atoms. The van der Waals surface area contributed by atoms with Crippen molar-refractivity contribution in [2.24, 2.45) is 0 Å². The molecule has 1 aromatic heterocycles. The summed E-state index contributed by atoms with van der Waals surface area (Å²) in [4.78, 5) is 0. The number of aryl methyl sites for hydroxylation is 1. The van der Waals surface area contributed by atoms with Crippen LogP contribution in [-0.2, 0) is 6.54 Å². The van der Waals surface area contributed by atoms with Crippen molar-refractivity contribution in [3.63, 3.8) is 0 Å². The van der Waals surface area contributed by atoms with Crippen molar-refractivity contribution in [1.29, 1.82) is 0 Å². The third-order valence-electron chi connectivity index (χ3n) is 2.91.